The zero-order valence-corrected chi connectivity index (χ0v) is 16.6. The highest BCUT2D eigenvalue weighted by molar-refractivity contribution is 7.12. The minimum atomic E-state index is 0.192. The maximum Gasteiger partial charge on any atom is 0.196 e. The number of nitriles is 1. The van der Waals surface area contributed by atoms with Crippen molar-refractivity contribution >= 4 is 34.3 Å². The first-order valence-corrected chi connectivity index (χ1v) is 9.38. The van der Waals surface area contributed by atoms with Gasteiger partial charge in [0.25, 0.3) is 0 Å². The molecule has 7 heteroatoms. The van der Waals surface area contributed by atoms with Gasteiger partial charge in [0.05, 0.1) is 18.5 Å². The Bertz CT molecular complexity index is 1050. The maximum absolute atomic E-state index is 9.49. The topological polar surface area (TPSA) is 70.3 Å². The number of aromatic nitrogens is 1. The van der Waals surface area contributed by atoms with Gasteiger partial charge in [-0.25, -0.2) is 4.98 Å². The number of anilines is 1. The van der Waals surface area contributed by atoms with Crippen molar-refractivity contribution in [1.82, 2.24) is 4.98 Å². The van der Waals surface area contributed by atoms with Gasteiger partial charge in [0.15, 0.2) is 10.7 Å². The monoisotopic (exact) mass is 396 g/mol. The fourth-order valence-corrected chi connectivity index (χ4v) is 3.36. The summed E-state index contributed by atoms with van der Waals surface area (Å²) in [5.74, 6) is 0.579. The number of nitrogens with one attached hydrogen (secondary N) is 1. The average molecular weight is 397 g/mol. The summed E-state index contributed by atoms with van der Waals surface area (Å²) in [7, 11) is 1.56. The first-order chi connectivity index (χ1) is 13.0. The summed E-state index contributed by atoms with van der Waals surface area (Å²) in [5.41, 5.74) is 7.87. The van der Waals surface area contributed by atoms with E-state index in [1.165, 1.54) is 22.5 Å². The van der Waals surface area contributed by atoms with E-state index in [2.05, 4.69) is 47.6 Å². The molecule has 0 atom stereocenters. The van der Waals surface area contributed by atoms with Crippen LogP contribution in [0.2, 0.25) is 5.02 Å². The molecular formula is C20H17ClN4OS. The molecule has 1 heterocycles. The Labute approximate surface area is 166 Å². The Morgan fingerprint density at radius 3 is 2.74 bits per heavy atom. The van der Waals surface area contributed by atoms with Gasteiger partial charge in [-0.2, -0.15) is 10.4 Å². The molecule has 1 N–H and O–H groups in total. The molecule has 0 aliphatic rings. The predicted molar refractivity (Wildman–Crippen MR) is 111 cm³/mol. The molecule has 0 unspecified atom stereocenters. The molecule has 0 amide bonds. The lowest BCUT2D eigenvalue weighted by Gasteiger charge is -2.07. The standard InChI is InChI=1S/C20H17ClN4OS/c1-12-4-5-14(8-13(12)2)18-11-27-20(23-18)17(10-22)25-24-16-9-15(21)6-7-19(16)26-3/h4-9,11,24H,1-3H3. The first-order valence-electron chi connectivity index (χ1n) is 8.12. The van der Waals surface area contributed by atoms with Crippen LogP contribution in [-0.2, 0) is 0 Å². The summed E-state index contributed by atoms with van der Waals surface area (Å²) in [5, 5.41) is 16.7. The largest absolute Gasteiger partial charge is 0.495 e. The van der Waals surface area contributed by atoms with Crippen LogP contribution >= 0.6 is 22.9 Å². The van der Waals surface area contributed by atoms with E-state index in [-0.39, 0.29) is 5.71 Å². The maximum atomic E-state index is 9.49. The normalized spacial score (nSPS) is 11.1. The molecular weight excluding hydrogens is 380 g/mol. The lowest BCUT2D eigenvalue weighted by atomic mass is 10.1. The number of methoxy groups -OCH3 is 1. The van der Waals surface area contributed by atoms with Crippen LogP contribution in [0.1, 0.15) is 16.1 Å². The molecule has 5 nitrogen and oxygen atoms in total. The summed E-state index contributed by atoms with van der Waals surface area (Å²) in [6.45, 7) is 4.14. The van der Waals surface area contributed by atoms with Crippen molar-refractivity contribution in [2.24, 2.45) is 5.10 Å². The Morgan fingerprint density at radius 1 is 1.22 bits per heavy atom. The molecule has 0 aliphatic carbocycles. The van der Waals surface area contributed by atoms with Gasteiger partial charge < -0.3 is 4.74 Å². The van der Waals surface area contributed by atoms with Crippen LogP contribution in [0.3, 0.4) is 0 Å². The van der Waals surface area contributed by atoms with E-state index in [0.29, 0.717) is 21.5 Å². The highest BCUT2D eigenvalue weighted by Crippen LogP contribution is 2.28. The van der Waals surface area contributed by atoms with Crippen molar-refractivity contribution in [3.63, 3.8) is 0 Å². The molecule has 0 aliphatic heterocycles. The second kappa shape index (κ2) is 8.21. The van der Waals surface area contributed by atoms with Gasteiger partial charge >= 0.3 is 0 Å². The third-order valence-corrected chi connectivity index (χ3v) is 5.15. The Kier molecular flexibility index (Phi) is 5.75. The predicted octanol–water partition coefficient (Wildman–Crippen LogP) is 5.43. The number of thiazole rings is 1. The molecule has 0 fully saturated rings. The minimum Gasteiger partial charge on any atom is -0.495 e. The Morgan fingerprint density at radius 2 is 2.04 bits per heavy atom. The van der Waals surface area contributed by atoms with Crippen molar-refractivity contribution in [3.8, 4) is 23.1 Å². The van der Waals surface area contributed by atoms with Crippen molar-refractivity contribution < 1.29 is 4.74 Å². The van der Waals surface area contributed by atoms with Crippen molar-refractivity contribution in [1.29, 1.82) is 5.26 Å². The molecule has 0 saturated carbocycles. The highest BCUT2D eigenvalue weighted by Gasteiger charge is 2.12. The summed E-state index contributed by atoms with van der Waals surface area (Å²) in [6.07, 6.45) is 0. The third kappa shape index (κ3) is 4.27. The van der Waals surface area contributed by atoms with Crippen LogP contribution in [0.15, 0.2) is 46.9 Å². The number of benzene rings is 2. The van der Waals surface area contributed by atoms with E-state index in [1.54, 1.807) is 25.3 Å². The number of hydrogen-bond donors (Lipinski definition) is 1. The smallest absolute Gasteiger partial charge is 0.196 e. The van der Waals surface area contributed by atoms with Crippen LogP contribution < -0.4 is 10.2 Å². The summed E-state index contributed by atoms with van der Waals surface area (Å²) >= 11 is 7.39. The van der Waals surface area contributed by atoms with Crippen LogP contribution in [-0.4, -0.2) is 17.8 Å². The SMILES string of the molecule is COc1ccc(Cl)cc1NN=C(C#N)c1nc(-c2ccc(C)c(C)c2)cs1. The number of hydrazone groups is 1. The van der Waals surface area contributed by atoms with E-state index >= 15 is 0 Å². The summed E-state index contributed by atoms with van der Waals surface area (Å²) < 4.78 is 5.27. The molecule has 3 aromatic rings. The van der Waals surface area contributed by atoms with E-state index in [1.807, 2.05) is 11.4 Å². The van der Waals surface area contributed by atoms with Crippen LogP contribution in [0.25, 0.3) is 11.3 Å². The molecule has 0 bridgehead atoms. The molecule has 2 aromatic carbocycles. The second-order valence-corrected chi connectivity index (χ2v) is 7.16. The summed E-state index contributed by atoms with van der Waals surface area (Å²) in [6, 6.07) is 13.4. The van der Waals surface area contributed by atoms with Gasteiger partial charge in [-0.05, 0) is 49.2 Å². The molecule has 1 aromatic heterocycles. The fourth-order valence-electron chi connectivity index (χ4n) is 2.42. The van der Waals surface area contributed by atoms with E-state index in [4.69, 9.17) is 16.3 Å². The van der Waals surface area contributed by atoms with Crippen molar-refractivity contribution in [2.75, 3.05) is 12.5 Å². The molecule has 27 heavy (non-hydrogen) atoms. The first kappa shape index (κ1) is 18.9. The Balaban J connectivity index is 1.87. The van der Waals surface area contributed by atoms with Gasteiger partial charge in [0.2, 0.25) is 0 Å². The Hall–Kier alpha value is -2.88. The zero-order chi connectivity index (χ0) is 19.4. The number of halogens is 1. The van der Waals surface area contributed by atoms with Crippen LogP contribution in [0.4, 0.5) is 5.69 Å². The number of nitrogens with zero attached hydrogens (tertiary/aromatic N) is 3. The molecule has 0 radical (unpaired) electrons. The second-order valence-electron chi connectivity index (χ2n) is 5.87. The van der Waals surface area contributed by atoms with Crippen molar-refractivity contribution in [3.05, 3.63) is 62.9 Å². The fraction of sp³-hybridized carbons (Fsp3) is 0.150. The van der Waals surface area contributed by atoms with Gasteiger partial charge in [-0.15, -0.1) is 11.3 Å². The van der Waals surface area contributed by atoms with Crippen LogP contribution in [0, 0.1) is 25.2 Å². The van der Waals surface area contributed by atoms with E-state index in [9.17, 15) is 5.26 Å². The van der Waals surface area contributed by atoms with Gasteiger partial charge in [0, 0.05) is 16.0 Å². The zero-order valence-electron chi connectivity index (χ0n) is 15.1. The van der Waals surface area contributed by atoms with Crippen molar-refractivity contribution in [2.45, 2.75) is 13.8 Å². The summed E-state index contributed by atoms with van der Waals surface area (Å²) in [4.78, 5) is 4.56. The lowest BCUT2D eigenvalue weighted by Crippen LogP contribution is -2.02. The van der Waals surface area contributed by atoms with Gasteiger partial charge in [-0.1, -0.05) is 23.7 Å². The molecule has 0 saturated heterocycles. The van der Waals surface area contributed by atoms with E-state index < -0.39 is 0 Å². The molecule has 0 spiro atoms. The minimum absolute atomic E-state index is 0.192. The van der Waals surface area contributed by atoms with Gasteiger partial charge in [0.1, 0.15) is 11.8 Å². The third-order valence-electron chi connectivity index (χ3n) is 4.07. The average Bonchev–Trinajstić information content (AvgIpc) is 3.14. The highest BCUT2D eigenvalue weighted by atomic mass is 35.5. The molecule has 136 valence electrons. The molecule has 3 rings (SSSR count). The lowest BCUT2D eigenvalue weighted by molar-refractivity contribution is 0.416. The number of aryl methyl sites for hydroxylation is 2. The quantitative estimate of drug-likeness (QED) is 0.461. The van der Waals surface area contributed by atoms with E-state index in [0.717, 1.165) is 11.3 Å². The number of hydrogen-bond acceptors (Lipinski definition) is 6. The van der Waals surface area contributed by atoms with Gasteiger partial charge in [-0.3, -0.25) is 5.43 Å². The number of ether oxygens (including phenoxy) is 1. The number of rotatable bonds is 5. The van der Waals surface area contributed by atoms with Crippen LogP contribution in [0.5, 0.6) is 5.75 Å².